The van der Waals surface area contributed by atoms with Gasteiger partial charge in [-0.1, -0.05) is 27.7 Å². The average Bonchev–Trinajstić information content (AvgIpc) is 3.29. The van der Waals surface area contributed by atoms with Gasteiger partial charge in [0.1, 0.15) is 16.5 Å². The molecule has 0 atom stereocenters. The van der Waals surface area contributed by atoms with Gasteiger partial charge in [-0.25, -0.2) is 45.4 Å². The molecule has 4 aromatic heterocycles. The van der Waals surface area contributed by atoms with Crippen LogP contribution in [0.1, 0.15) is 102 Å². The molecule has 0 aliphatic carbocycles. The van der Waals surface area contributed by atoms with E-state index in [2.05, 4.69) is 14.7 Å². The molecule has 0 spiro atoms. The predicted octanol–water partition coefficient (Wildman–Crippen LogP) is 7.53. The van der Waals surface area contributed by atoms with E-state index in [9.17, 15) is 49.9 Å². The summed E-state index contributed by atoms with van der Waals surface area (Å²) in [7, 11) is -5.03. The highest BCUT2D eigenvalue weighted by molar-refractivity contribution is 7.90. The number of ether oxygens (including phenoxy) is 2. The molecule has 21 heteroatoms. The van der Waals surface area contributed by atoms with E-state index in [1.807, 2.05) is 27.7 Å². The molecule has 0 bridgehead atoms. The smallest absolute Gasteiger partial charge is 0.307 e. The largest absolute Gasteiger partial charge is 0.481 e. The zero-order chi connectivity index (χ0) is 53.1. The molecular weight excluding hydrogens is 963 g/mol. The van der Waals surface area contributed by atoms with Gasteiger partial charge >= 0.3 is 5.97 Å². The molecule has 4 N–H and O–H groups in total. The molecule has 0 aliphatic rings. The van der Waals surface area contributed by atoms with Crippen molar-refractivity contribution >= 4 is 31.9 Å². The number of carbonyl (C=O) groups excluding carboxylic acids is 1. The maximum absolute atomic E-state index is 14.5. The van der Waals surface area contributed by atoms with Crippen molar-refractivity contribution in [2.45, 2.75) is 102 Å². The van der Waals surface area contributed by atoms with E-state index in [0.29, 0.717) is 56.3 Å². The van der Waals surface area contributed by atoms with Crippen LogP contribution in [-0.4, -0.2) is 67.1 Å². The molecule has 6 rings (SSSR count). The number of rotatable bonds is 15. The third kappa shape index (κ3) is 15.2. The Morgan fingerprint density at radius 2 is 1.06 bits per heavy atom. The molecule has 0 unspecified atom stereocenters. The Kier molecular flexibility index (Phi) is 19.2. The Labute approximate surface area is 411 Å². The molecule has 1 amide bonds. The van der Waals surface area contributed by atoms with Crippen LogP contribution in [0.25, 0.3) is 22.3 Å². The molecule has 4 heterocycles. The van der Waals surface area contributed by atoms with Crippen molar-refractivity contribution in [1.29, 1.82) is 0 Å². The van der Waals surface area contributed by atoms with E-state index in [-0.39, 0.29) is 63.5 Å². The van der Waals surface area contributed by atoms with Crippen LogP contribution in [-0.2, 0) is 42.5 Å². The summed E-state index contributed by atoms with van der Waals surface area (Å²) in [4.78, 5) is 55.2. The highest BCUT2D eigenvalue weighted by atomic mass is 32.2. The Bertz CT molecular complexity index is 3250. The Hall–Kier alpha value is -7.10. The van der Waals surface area contributed by atoms with Crippen molar-refractivity contribution in [2.24, 2.45) is 5.14 Å². The van der Waals surface area contributed by atoms with Crippen molar-refractivity contribution in [2.75, 3.05) is 14.2 Å². The first-order chi connectivity index (χ1) is 33.2. The monoisotopic (exact) mass is 1020 g/mol. The minimum absolute atomic E-state index is 0.0209. The number of carboxylic acid groups (broad SMARTS) is 1. The quantitative estimate of drug-likeness (QED) is 0.0901. The molecule has 0 fully saturated rings. The number of pyridine rings is 4. The summed E-state index contributed by atoms with van der Waals surface area (Å²) < 4.78 is 91.2. The van der Waals surface area contributed by atoms with Crippen LogP contribution in [0.15, 0.2) is 117 Å². The van der Waals surface area contributed by atoms with Crippen molar-refractivity contribution in [3.8, 4) is 34.0 Å². The van der Waals surface area contributed by atoms with E-state index in [1.54, 1.807) is 58.2 Å². The van der Waals surface area contributed by atoms with Gasteiger partial charge in [-0.3, -0.25) is 19.2 Å². The lowest BCUT2D eigenvalue weighted by atomic mass is 9.88. The lowest BCUT2D eigenvalue weighted by Crippen LogP contribution is -2.33. The molecule has 0 saturated carbocycles. The number of nitrogens with zero attached hydrogens (tertiary/aromatic N) is 4. The molecule has 0 radical (unpaired) electrons. The number of aliphatic carboxylic acids is 1. The molecule has 71 heavy (non-hydrogen) atoms. The lowest BCUT2D eigenvalue weighted by Gasteiger charge is -2.18. The maximum atomic E-state index is 14.5. The first-order valence-corrected chi connectivity index (χ1v) is 25.1. The van der Waals surface area contributed by atoms with Crippen LogP contribution in [0.5, 0.6) is 11.8 Å². The standard InChI is InChI=1S/C25H28FN3O5S.C17H18FNO3.C8H12N2O3S/c1-15(2)20-11-18(26)12-21(17-8-9-27-24(10-17)34-5)22(20)13-23(30)28-35(32,33)19-6-7-25(31)29(14-19)16(3)4;1-10(2)13-7-12(18)8-14(15(13)9-17(20)21)11-4-5-19-16(6-11)22-3;1-6(2)10-5-7(14(9,12)13)3-4-8(10)11/h6-12,14-16H,13H2,1-5H3,(H,28,30);4-8,10H,9H2,1-3H3,(H,20,21);3-6H,1-2H3,(H2,9,12,13). The van der Waals surface area contributed by atoms with Crippen molar-refractivity contribution < 1.29 is 49.8 Å². The van der Waals surface area contributed by atoms with Gasteiger partial charge in [0.25, 0.3) is 21.1 Å². The van der Waals surface area contributed by atoms with Crippen LogP contribution in [0, 0.1) is 11.6 Å². The number of nitrogens with one attached hydrogen (secondary N) is 1. The van der Waals surface area contributed by atoms with Gasteiger partial charge in [-0.05, 0) is 133 Å². The molecule has 6 aromatic rings. The second-order valence-electron chi connectivity index (χ2n) is 17.3. The number of carbonyl (C=O) groups is 2. The SMILES string of the molecule is CC(C)n1cc(S(N)(=O)=O)ccc1=O.COc1cc(-c2cc(F)cc(C(C)C)c2CC(=O)NS(=O)(=O)c2ccc(=O)n(C(C)C)c2)ccn1.COc1cc(-c2cc(F)cc(C(C)C)c2CC(=O)O)ccn1. The van der Waals surface area contributed by atoms with Gasteiger partial charge in [-0.15, -0.1) is 0 Å². The second kappa shape index (κ2) is 24.1. The summed E-state index contributed by atoms with van der Waals surface area (Å²) in [5.74, 6) is -2.00. The number of sulfonamides is 2. The van der Waals surface area contributed by atoms with E-state index < -0.39 is 37.7 Å². The van der Waals surface area contributed by atoms with Crippen LogP contribution in [0.2, 0.25) is 0 Å². The summed E-state index contributed by atoms with van der Waals surface area (Å²) in [5.41, 5.74) is 4.07. The van der Waals surface area contributed by atoms with Gasteiger partial charge in [0.2, 0.25) is 27.7 Å². The summed E-state index contributed by atoms with van der Waals surface area (Å²) in [5, 5.41) is 14.1. The van der Waals surface area contributed by atoms with Crippen molar-refractivity contribution in [1.82, 2.24) is 23.8 Å². The molecular formula is C50H58F2N6O11S2. The number of primary sulfonamides is 1. The number of aromatic nitrogens is 4. The summed E-state index contributed by atoms with van der Waals surface area (Å²) >= 11 is 0. The topological polar surface area (TPSA) is 249 Å². The number of hydrogen-bond donors (Lipinski definition) is 3. The summed E-state index contributed by atoms with van der Waals surface area (Å²) in [6.45, 7) is 14.6. The zero-order valence-corrected chi connectivity index (χ0v) is 42.6. The molecule has 0 saturated heterocycles. The normalized spacial score (nSPS) is 11.5. The minimum Gasteiger partial charge on any atom is -0.481 e. The number of hydrogen-bond acceptors (Lipinski definition) is 12. The number of amides is 1. The Morgan fingerprint density at radius 3 is 1.44 bits per heavy atom. The van der Waals surface area contributed by atoms with Crippen LogP contribution < -0.4 is 30.5 Å². The number of carboxylic acids is 1. The van der Waals surface area contributed by atoms with Crippen molar-refractivity contribution in [3.63, 3.8) is 0 Å². The zero-order valence-electron chi connectivity index (χ0n) is 40.9. The van der Waals surface area contributed by atoms with Gasteiger partial charge in [0, 0.05) is 61.1 Å². The van der Waals surface area contributed by atoms with Gasteiger partial charge < -0.3 is 23.7 Å². The van der Waals surface area contributed by atoms with E-state index in [4.69, 9.17) is 14.6 Å². The number of halogens is 2. The first kappa shape index (κ1) is 56.5. The molecule has 380 valence electrons. The highest BCUT2D eigenvalue weighted by Crippen LogP contribution is 2.35. The maximum Gasteiger partial charge on any atom is 0.307 e. The Balaban J connectivity index is 0.000000258. The fourth-order valence-electron chi connectivity index (χ4n) is 7.29. The van der Waals surface area contributed by atoms with E-state index in [1.165, 1.54) is 78.3 Å². The summed E-state index contributed by atoms with van der Waals surface area (Å²) in [6, 6.07) is 16.4. The van der Waals surface area contributed by atoms with Crippen LogP contribution >= 0.6 is 0 Å². The molecule has 17 nitrogen and oxygen atoms in total. The average molecular weight is 1020 g/mol. The highest BCUT2D eigenvalue weighted by Gasteiger charge is 2.24. The first-order valence-electron chi connectivity index (χ1n) is 22.1. The number of nitrogens with two attached hydrogens (primary N) is 1. The number of benzene rings is 2. The summed E-state index contributed by atoms with van der Waals surface area (Å²) in [6.07, 6.45) is 5.05. The Morgan fingerprint density at radius 1 is 0.648 bits per heavy atom. The third-order valence-electron chi connectivity index (χ3n) is 10.7. The van der Waals surface area contributed by atoms with Crippen LogP contribution in [0.3, 0.4) is 0 Å². The van der Waals surface area contributed by atoms with E-state index in [0.717, 1.165) is 12.1 Å². The second-order valence-corrected chi connectivity index (χ2v) is 20.5. The van der Waals surface area contributed by atoms with Gasteiger partial charge in [-0.2, -0.15) is 0 Å². The molecule has 2 aromatic carbocycles. The lowest BCUT2D eigenvalue weighted by molar-refractivity contribution is -0.136. The number of methoxy groups -OCH3 is 2. The minimum atomic E-state index is -4.25. The van der Waals surface area contributed by atoms with E-state index >= 15 is 0 Å². The van der Waals surface area contributed by atoms with Gasteiger partial charge in [0.05, 0.1) is 32.0 Å². The van der Waals surface area contributed by atoms with Gasteiger partial charge in [0.15, 0.2) is 0 Å². The van der Waals surface area contributed by atoms with Crippen LogP contribution in [0.4, 0.5) is 8.78 Å². The van der Waals surface area contributed by atoms with Crippen molar-refractivity contribution in [3.05, 3.63) is 152 Å². The molecule has 0 aliphatic heterocycles. The third-order valence-corrected chi connectivity index (χ3v) is 13.0. The fourth-order valence-corrected chi connectivity index (χ4v) is 8.80. The predicted molar refractivity (Wildman–Crippen MR) is 264 cm³/mol. The fraction of sp³-hybridized carbons (Fsp3) is 0.320.